The van der Waals surface area contributed by atoms with Crippen LogP contribution < -0.4 is 0 Å². The highest BCUT2D eigenvalue weighted by molar-refractivity contribution is 7.73. The van der Waals surface area contributed by atoms with Crippen molar-refractivity contribution in [1.29, 1.82) is 0 Å². The number of rotatable bonds is 11. The molecule has 0 amide bonds. The first kappa shape index (κ1) is 25.5. The minimum atomic E-state index is -4.47. The number of benzene rings is 1. The molecule has 7 nitrogen and oxygen atoms in total. The maximum atomic E-state index is 14.0. The summed E-state index contributed by atoms with van der Waals surface area (Å²) in [6.07, 6.45) is -2.31. The third kappa shape index (κ3) is 5.76. The van der Waals surface area contributed by atoms with Crippen LogP contribution in [0.25, 0.3) is 0 Å². The molecule has 0 radical (unpaired) electrons. The highest BCUT2D eigenvalue weighted by atomic mass is 31.2. The van der Waals surface area contributed by atoms with Crippen molar-refractivity contribution in [3.63, 3.8) is 0 Å². The summed E-state index contributed by atoms with van der Waals surface area (Å²) in [5.41, 5.74) is 0.0734. The Morgan fingerprint density at radius 3 is 1.21 bits per heavy atom. The molecule has 0 fully saturated rings. The Labute approximate surface area is 168 Å². The second-order valence-electron chi connectivity index (χ2n) is 7.61. The van der Waals surface area contributed by atoms with E-state index in [4.69, 9.17) is 18.1 Å². The summed E-state index contributed by atoms with van der Waals surface area (Å²) in [7, 11) is -8.93. The van der Waals surface area contributed by atoms with E-state index in [9.17, 15) is 14.2 Å². The highest BCUT2D eigenvalue weighted by Crippen LogP contribution is 2.82. The molecule has 1 aromatic carbocycles. The van der Waals surface area contributed by atoms with Crippen molar-refractivity contribution < 1.29 is 32.3 Å². The summed E-state index contributed by atoms with van der Waals surface area (Å²) < 4.78 is 50.6. The first-order valence-electron chi connectivity index (χ1n) is 9.49. The van der Waals surface area contributed by atoms with Gasteiger partial charge in [-0.1, -0.05) is 30.3 Å². The largest absolute Gasteiger partial charge is 0.379 e. The monoisotopic (exact) mass is 436 g/mol. The van der Waals surface area contributed by atoms with Gasteiger partial charge in [-0.2, -0.15) is 0 Å². The Kier molecular flexibility index (Phi) is 9.11. The Bertz CT molecular complexity index is 635. The van der Waals surface area contributed by atoms with Crippen LogP contribution in [0.3, 0.4) is 0 Å². The van der Waals surface area contributed by atoms with Gasteiger partial charge in [-0.15, -0.1) is 0 Å². The Hall–Kier alpha value is -0.520. The van der Waals surface area contributed by atoms with Crippen molar-refractivity contribution in [2.45, 2.75) is 84.9 Å². The van der Waals surface area contributed by atoms with Gasteiger partial charge in [0, 0.05) is 5.56 Å². The normalized spacial score (nSPS) is 13.9. The minimum Gasteiger partial charge on any atom is -0.364 e. The van der Waals surface area contributed by atoms with E-state index in [1.54, 1.807) is 73.6 Å². The molecule has 0 saturated carbocycles. The molecule has 0 bridgehead atoms. The van der Waals surface area contributed by atoms with Gasteiger partial charge in [0.2, 0.25) is 0 Å². The predicted octanol–water partition coefficient (Wildman–Crippen LogP) is 5.88. The molecule has 0 unspecified atom stereocenters. The van der Waals surface area contributed by atoms with Crippen molar-refractivity contribution in [3.8, 4) is 0 Å². The number of hydrogen-bond acceptors (Lipinski definition) is 7. The molecule has 0 heterocycles. The summed E-state index contributed by atoms with van der Waals surface area (Å²) in [6, 6.07) is 7.98. The molecule has 28 heavy (non-hydrogen) atoms. The Balaban J connectivity index is 3.86. The third-order valence-electron chi connectivity index (χ3n) is 3.32. The third-order valence-corrected chi connectivity index (χ3v) is 9.63. The molecule has 0 atom stereocenters. The lowest BCUT2D eigenvalue weighted by Crippen LogP contribution is -2.33. The lowest BCUT2D eigenvalue weighted by molar-refractivity contribution is 0.0448. The van der Waals surface area contributed by atoms with Crippen molar-refractivity contribution >= 4 is 15.2 Å². The Morgan fingerprint density at radius 1 is 0.679 bits per heavy atom. The molecule has 0 aliphatic carbocycles. The first-order valence-corrected chi connectivity index (χ1v) is 12.6. The van der Waals surface area contributed by atoms with E-state index in [0.717, 1.165) is 0 Å². The maximum Gasteiger partial charge on any atom is 0.379 e. The van der Waals surface area contributed by atoms with Gasteiger partial charge in [-0.05, 0) is 55.4 Å². The lowest BCUT2D eigenvalue weighted by atomic mass is 10.2. The van der Waals surface area contributed by atoms with Gasteiger partial charge in [0.15, 0.2) is 0 Å². The fraction of sp³-hybridized carbons (Fsp3) is 0.684. The van der Waals surface area contributed by atoms with Gasteiger partial charge in [0.25, 0.3) is 5.08 Å². The molecular weight excluding hydrogens is 402 g/mol. The average molecular weight is 436 g/mol. The van der Waals surface area contributed by atoms with Gasteiger partial charge in [0.05, 0.1) is 24.4 Å². The number of hydrogen-bond donors (Lipinski definition) is 1. The fourth-order valence-corrected chi connectivity index (χ4v) is 8.19. The quantitative estimate of drug-likeness (QED) is 0.433. The zero-order chi connectivity index (χ0) is 21.8. The molecule has 162 valence electrons. The van der Waals surface area contributed by atoms with E-state index >= 15 is 0 Å². The van der Waals surface area contributed by atoms with Crippen molar-refractivity contribution in [1.82, 2.24) is 0 Å². The summed E-state index contributed by atoms with van der Waals surface area (Å²) in [5, 5.41) is 9.24. The van der Waals surface area contributed by atoms with Gasteiger partial charge in [-0.3, -0.25) is 9.13 Å². The fourth-order valence-electron chi connectivity index (χ4n) is 2.58. The highest BCUT2D eigenvalue weighted by Gasteiger charge is 2.67. The van der Waals surface area contributed by atoms with Crippen LogP contribution in [0.1, 0.15) is 61.0 Å². The second kappa shape index (κ2) is 9.99. The van der Waals surface area contributed by atoms with Gasteiger partial charge < -0.3 is 23.2 Å². The molecule has 1 N–H and O–H groups in total. The van der Waals surface area contributed by atoms with Crippen LogP contribution in [0.5, 0.6) is 0 Å². The Morgan fingerprint density at radius 2 is 0.964 bits per heavy atom. The van der Waals surface area contributed by atoms with Crippen LogP contribution in [-0.2, 0) is 32.3 Å². The molecule has 0 aliphatic heterocycles. The van der Waals surface area contributed by atoms with Gasteiger partial charge >= 0.3 is 15.2 Å². The zero-order valence-electron chi connectivity index (χ0n) is 18.0. The molecule has 0 aromatic heterocycles. The molecule has 9 heteroatoms. The van der Waals surface area contributed by atoms with E-state index in [-0.39, 0.29) is 5.56 Å². The van der Waals surface area contributed by atoms with Crippen LogP contribution >= 0.6 is 15.2 Å². The minimum absolute atomic E-state index is 0.0734. The van der Waals surface area contributed by atoms with Crippen LogP contribution in [0, 0.1) is 0 Å². The summed E-state index contributed by atoms with van der Waals surface area (Å²) in [6.45, 7) is 13.2. The van der Waals surface area contributed by atoms with Crippen molar-refractivity contribution in [2.24, 2.45) is 0 Å². The summed E-state index contributed by atoms with van der Waals surface area (Å²) >= 11 is 0. The van der Waals surface area contributed by atoms with Crippen LogP contribution in [0.4, 0.5) is 0 Å². The standard InChI is InChI=1S/C19H34O7P2/c1-14(2)23-27(21,24-15(3)4)19(20,18-12-10-9-11-13-18)28(22,25-16(5)6)26-17(7)8/h9-17,20H,1-8H3. The van der Waals surface area contributed by atoms with E-state index < -0.39 is 44.7 Å². The van der Waals surface area contributed by atoms with Crippen LogP contribution in [-0.4, -0.2) is 29.5 Å². The SMILES string of the molecule is CC(C)OP(=O)(OC(C)C)C(O)(c1ccccc1)P(=O)(OC(C)C)OC(C)C. The molecule has 0 saturated heterocycles. The van der Waals surface area contributed by atoms with Gasteiger partial charge in [-0.25, -0.2) is 0 Å². The smallest absolute Gasteiger partial charge is 0.364 e. The van der Waals surface area contributed by atoms with Crippen molar-refractivity contribution in [2.75, 3.05) is 0 Å². The van der Waals surface area contributed by atoms with Crippen molar-refractivity contribution in [3.05, 3.63) is 35.9 Å². The first-order chi connectivity index (χ1) is 12.8. The molecule has 0 spiro atoms. The summed E-state index contributed by atoms with van der Waals surface area (Å²) in [5.74, 6) is 0. The molecule has 1 aromatic rings. The molecular formula is C19H34O7P2. The van der Waals surface area contributed by atoms with E-state index in [1.165, 1.54) is 12.1 Å². The topological polar surface area (TPSA) is 91.3 Å². The average Bonchev–Trinajstić information content (AvgIpc) is 2.51. The van der Waals surface area contributed by atoms with E-state index in [2.05, 4.69) is 0 Å². The molecule has 0 aliphatic rings. The lowest BCUT2D eigenvalue weighted by Gasteiger charge is -2.41. The molecule has 1 rings (SSSR count). The predicted molar refractivity (Wildman–Crippen MR) is 110 cm³/mol. The van der Waals surface area contributed by atoms with Crippen LogP contribution in [0.15, 0.2) is 30.3 Å². The number of aliphatic hydroxyl groups is 1. The maximum absolute atomic E-state index is 14.0. The van der Waals surface area contributed by atoms with Crippen LogP contribution in [0.2, 0.25) is 0 Å². The second-order valence-corrected chi connectivity index (χ2v) is 12.1. The van der Waals surface area contributed by atoms with E-state index in [1.807, 2.05) is 0 Å². The van der Waals surface area contributed by atoms with E-state index in [0.29, 0.717) is 0 Å². The van der Waals surface area contributed by atoms with Gasteiger partial charge in [0.1, 0.15) is 0 Å². The zero-order valence-corrected chi connectivity index (χ0v) is 19.8. The summed E-state index contributed by atoms with van der Waals surface area (Å²) in [4.78, 5) is 0.